The van der Waals surface area contributed by atoms with E-state index in [0.717, 1.165) is 25.2 Å². The van der Waals surface area contributed by atoms with Crippen LogP contribution in [-0.2, 0) is 4.57 Å². The zero-order valence-electron chi connectivity index (χ0n) is 13.2. The molecule has 0 aromatic heterocycles. The lowest BCUT2D eigenvalue weighted by atomic mass is 10.1. The second kappa shape index (κ2) is 13.6. The van der Waals surface area contributed by atoms with Crippen LogP contribution in [0.2, 0.25) is 0 Å². The second-order valence-electron chi connectivity index (χ2n) is 5.83. The summed E-state index contributed by atoms with van der Waals surface area (Å²) in [4.78, 5) is 0. The van der Waals surface area contributed by atoms with Gasteiger partial charge in [-0.3, -0.25) is 0 Å². The van der Waals surface area contributed by atoms with E-state index >= 15 is 0 Å². The minimum absolute atomic E-state index is 0.858. The molecule has 19 heavy (non-hydrogen) atoms. The van der Waals surface area contributed by atoms with Crippen LogP contribution in [0.25, 0.3) is 0 Å². The Morgan fingerprint density at radius 2 is 0.947 bits per heavy atom. The highest BCUT2D eigenvalue weighted by molar-refractivity contribution is 8.48. The largest absolute Gasteiger partial charge is 0.312 e. The van der Waals surface area contributed by atoms with Gasteiger partial charge in [-0.05, 0) is 12.8 Å². The van der Waals surface area contributed by atoms with Gasteiger partial charge in [-0.2, -0.15) is 0 Å². The van der Waals surface area contributed by atoms with Crippen LogP contribution in [0, 0.1) is 0 Å². The van der Waals surface area contributed by atoms with Crippen molar-refractivity contribution in [3.05, 3.63) is 0 Å². The van der Waals surface area contributed by atoms with E-state index < -0.39 is 6.34 Å². The van der Waals surface area contributed by atoms with Crippen molar-refractivity contribution in [3.8, 4) is 0 Å². The van der Waals surface area contributed by atoms with Crippen molar-refractivity contribution in [1.29, 1.82) is 0 Å². The highest BCUT2D eigenvalue weighted by Gasteiger charge is 2.14. The van der Waals surface area contributed by atoms with E-state index in [2.05, 4.69) is 26.1 Å². The van der Waals surface area contributed by atoms with Crippen molar-refractivity contribution in [2.45, 2.75) is 90.9 Å². The molecule has 0 fully saturated rings. The van der Waals surface area contributed by atoms with E-state index in [9.17, 15) is 4.57 Å². The number of rotatable bonds is 14. The minimum atomic E-state index is -2.11. The summed E-state index contributed by atoms with van der Waals surface area (Å²) < 4.78 is 12.3. The Labute approximate surface area is 126 Å². The van der Waals surface area contributed by atoms with E-state index in [1.165, 1.54) is 64.2 Å². The van der Waals surface area contributed by atoms with Crippen LogP contribution >= 0.6 is 18.6 Å². The molecule has 1 nitrogen and oxygen atoms in total. The van der Waals surface area contributed by atoms with Crippen LogP contribution in [0.3, 0.4) is 0 Å². The van der Waals surface area contributed by atoms with Crippen molar-refractivity contribution in [2.75, 3.05) is 12.3 Å². The molecular weight excluding hydrogens is 271 g/mol. The summed E-state index contributed by atoms with van der Waals surface area (Å²) in [6.45, 7) is 4.48. The zero-order valence-corrected chi connectivity index (χ0v) is 15.0. The lowest BCUT2D eigenvalue weighted by Gasteiger charge is -2.11. The lowest BCUT2D eigenvalue weighted by Crippen LogP contribution is -1.92. The van der Waals surface area contributed by atoms with Crippen LogP contribution in [-0.4, -0.2) is 12.3 Å². The van der Waals surface area contributed by atoms with Crippen molar-refractivity contribution in [2.24, 2.45) is 0 Å². The molecule has 0 radical (unpaired) electrons. The van der Waals surface area contributed by atoms with Crippen molar-refractivity contribution < 1.29 is 4.57 Å². The molecule has 0 spiro atoms. The summed E-state index contributed by atoms with van der Waals surface area (Å²) in [5.74, 6) is 0. The fraction of sp³-hybridized carbons (Fsp3) is 1.00. The van der Waals surface area contributed by atoms with Crippen molar-refractivity contribution >= 4 is 18.6 Å². The van der Waals surface area contributed by atoms with Gasteiger partial charge in [0.05, 0.1) is 0 Å². The first-order valence-corrected chi connectivity index (χ1v) is 11.7. The molecule has 0 aromatic rings. The van der Waals surface area contributed by atoms with Crippen LogP contribution in [0.15, 0.2) is 0 Å². The summed E-state index contributed by atoms with van der Waals surface area (Å²) in [6.07, 6.45) is 14.9. The Kier molecular flexibility index (Phi) is 14.0. The fourth-order valence-electron chi connectivity index (χ4n) is 2.39. The maximum atomic E-state index is 12.3. The van der Waals surface area contributed by atoms with E-state index in [1.54, 1.807) is 0 Å². The molecule has 0 saturated carbocycles. The topological polar surface area (TPSA) is 17.1 Å². The average Bonchev–Trinajstić information content (AvgIpc) is 2.38. The Bertz CT molecular complexity index is 211. The molecule has 0 N–H and O–H groups in total. The maximum Gasteiger partial charge on any atom is 0.136 e. The third-order valence-corrected chi connectivity index (χ3v) is 6.95. The molecule has 116 valence electrons. The Hall–Kier alpha value is 0.580. The molecule has 0 unspecified atom stereocenters. The molecule has 0 heterocycles. The van der Waals surface area contributed by atoms with E-state index in [-0.39, 0.29) is 0 Å². The monoisotopic (exact) mass is 306 g/mol. The predicted molar refractivity (Wildman–Crippen MR) is 93.1 cm³/mol. The molecule has 0 bridgehead atoms. The quantitative estimate of drug-likeness (QED) is 0.209. The van der Waals surface area contributed by atoms with E-state index in [0.29, 0.717) is 0 Å². The first-order chi connectivity index (χ1) is 9.12. The average molecular weight is 306 g/mol. The van der Waals surface area contributed by atoms with Crippen LogP contribution < -0.4 is 0 Å². The first-order valence-electron chi connectivity index (χ1n) is 8.43. The summed E-state index contributed by atoms with van der Waals surface area (Å²) in [5.41, 5.74) is 0. The Morgan fingerprint density at radius 1 is 0.632 bits per heavy atom. The Morgan fingerprint density at radius 3 is 1.32 bits per heavy atom. The molecule has 0 aliphatic carbocycles. The second-order valence-corrected chi connectivity index (χ2v) is 10.6. The van der Waals surface area contributed by atoms with Gasteiger partial charge in [0.15, 0.2) is 0 Å². The van der Waals surface area contributed by atoms with Crippen LogP contribution in [0.4, 0.5) is 0 Å². The van der Waals surface area contributed by atoms with Crippen molar-refractivity contribution in [1.82, 2.24) is 0 Å². The van der Waals surface area contributed by atoms with Crippen LogP contribution in [0.1, 0.15) is 90.9 Å². The van der Waals surface area contributed by atoms with E-state index in [4.69, 9.17) is 0 Å². The molecule has 0 rings (SSSR count). The van der Waals surface area contributed by atoms with Gasteiger partial charge in [0, 0.05) is 12.3 Å². The minimum Gasteiger partial charge on any atom is -0.312 e. The van der Waals surface area contributed by atoms with Gasteiger partial charge in [-0.1, -0.05) is 78.1 Å². The van der Waals surface area contributed by atoms with Crippen molar-refractivity contribution in [3.63, 3.8) is 0 Å². The molecule has 3 heteroatoms. The van der Waals surface area contributed by atoms with Crippen LogP contribution in [0.5, 0.6) is 0 Å². The molecule has 0 aliphatic rings. The van der Waals surface area contributed by atoms with Gasteiger partial charge in [-0.15, -0.1) is 12.2 Å². The van der Waals surface area contributed by atoms with Gasteiger partial charge in [-0.25, -0.2) is 0 Å². The number of hydrogen-bond donors (Lipinski definition) is 1. The van der Waals surface area contributed by atoms with Gasteiger partial charge in [0.1, 0.15) is 6.34 Å². The summed E-state index contributed by atoms with van der Waals surface area (Å²) in [7, 11) is 0. The molecule has 0 aliphatic heterocycles. The number of thiol groups is 1. The zero-order chi connectivity index (χ0) is 14.4. The molecule has 0 saturated heterocycles. The predicted octanol–water partition coefficient (Wildman–Crippen LogP) is 6.92. The number of unbranched alkanes of at least 4 members (excludes halogenated alkanes) is 10. The Balaban J connectivity index is 3.39. The highest BCUT2D eigenvalue weighted by Crippen LogP contribution is 2.52. The third-order valence-electron chi connectivity index (χ3n) is 3.72. The molecular formula is C16H35OPS. The summed E-state index contributed by atoms with van der Waals surface area (Å²) >= 11 is 4.43. The molecule has 0 amide bonds. The highest BCUT2D eigenvalue weighted by atomic mass is 32.7. The first kappa shape index (κ1) is 19.6. The van der Waals surface area contributed by atoms with E-state index in [1.807, 2.05) is 0 Å². The summed E-state index contributed by atoms with van der Waals surface area (Å²) in [5, 5.41) is 0. The maximum absolute atomic E-state index is 12.3. The molecule has 0 atom stereocenters. The normalized spacial score (nSPS) is 11.9. The summed E-state index contributed by atoms with van der Waals surface area (Å²) in [6, 6.07) is 0. The van der Waals surface area contributed by atoms with Gasteiger partial charge < -0.3 is 4.57 Å². The standard InChI is InChI=1S/C16H35OPS/c1-3-5-7-9-11-13-15-18(17,19)16-14-12-10-8-6-4-2/h3-16H2,1-2H3,(H,17,19). The number of hydrogen-bond acceptors (Lipinski definition) is 1. The van der Waals surface area contributed by atoms with Gasteiger partial charge in [0.25, 0.3) is 0 Å². The van der Waals surface area contributed by atoms with Gasteiger partial charge >= 0.3 is 0 Å². The lowest BCUT2D eigenvalue weighted by molar-refractivity contribution is 0.572. The molecule has 0 aromatic carbocycles. The third kappa shape index (κ3) is 14.8. The van der Waals surface area contributed by atoms with Gasteiger partial charge in [0.2, 0.25) is 0 Å². The smallest absolute Gasteiger partial charge is 0.136 e. The fourth-order valence-corrected chi connectivity index (χ4v) is 4.90. The SMILES string of the molecule is CCCCCCCCP(=O)(S)CCCCCCCC.